The summed E-state index contributed by atoms with van der Waals surface area (Å²) in [6, 6.07) is 12.2. The number of nitrogens with zero attached hydrogens (tertiary/aromatic N) is 1. The van der Waals surface area contributed by atoms with E-state index >= 15 is 0 Å². The molecule has 0 aliphatic carbocycles. The van der Waals surface area contributed by atoms with Crippen molar-refractivity contribution in [2.45, 2.75) is 44.7 Å². The molecule has 21 heavy (non-hydrogen) atoms. The first-order valence-corrected chi connectivity index (χ1v) is 9.73. The highest BCUT2D eigenvalue weighted by Gasteiger charge is 2.26. The van der Waals surface area contributed by atoms with Crippen LogP contribution in [0.1, 0.15) is 31.7 Å². The average molecular weight is 307 g/mol. The van der Waals surface area contributed by atoms with Crippen LogP contribution in [-0.2, 0) is 6.42 Å². The van der Waals surface area contributed by atoms with E-state index in [1.54, 1.807) is 0 Å². The van der Waals surface area contributed by atoms with Gasteiger partial charge in [-0.1, -0.05) is 37.3 Å². The number of rotatable bonds is 8. The van der Waals surface area contributed by atoms with Gasteiger partial charge in [-0.05, 0) is 49.8 Å². The van der Waals surface area contributed by atoms with E-state index in [1.165, 1.54) is 43.7 Å². The molecule has 1 heterocycles. The fraction of sp³-hybridized carbons (Fsp3) is 0.667. The van der Waals surface area contributed by atoms with Gasteiger partial charge in [-0.2, -0.15) is 11.8 Å². The van der Waals surface area contributed by atoms with Crippen molar-refractivity contribution in [2.24, 2.45) is 0 Å². The van der Waals surface area contributed by atoms with Gasteiger partial charge in [0.25, 0.3) is 0 Å². The van der Waals surface area contributed by atoms with E-state index in [2.05, 4.69) is 53.7 Å². The molecule has 0 saturated carbocycles. The van der Waals surface area contributed by atoms with Crippen molar-refractivity contribution in [3.8, 4) is 0 Å². The highest BCUT2D eigenvalue weighted by atomic mass is 32.2. The zero-order chi connectivity index (χ0) is 14.9. The molecule has 118 valence electrons. The standard InChI is InChI=1S/C18H30N2S/c1-3-18-14-19-17(13-16-9-5-4-6-10-16)15-20(18)11-7-8-12-21-2/h4-6,9-10,17-19H,3,7-8,11-15H2,1-2H3. The topological polar surface area (TPSA) is 15.3 Å². The van der Waals surface area contributed by atoms with Crippen LogP contribution in [0, 0.1) is 0 Å². The lowest BCUT2D eigenvalue weighted by atomic mass is 10.0. The van der Waals surface area contributed by atoms with Gasteiger partial charge in [0.1, 0.15) is 0 Å². The van der Waals surface area contributed by atoms with Gasteiger partial charge in [0, 0.05) is 25.2 Å². The summed E-state index contributed by atoms with van der Waals surface area (Å²) in [5.74, 6) is 1.30. The molecule has 2 nitrogen and oxygen atoms in total. The first-order valence-electron chi connectivity index (χ1n) is 8.33. The molecule has 2 rings (SSSR count). The van der Waals surface area contributed by atoms with Gasteiger partial charge in [0.05, 0.1) is 0 Å². The molecule has 0 aromatic heterocycles. The second kappa shape index (κ2) is 9.50. The molecule has 3 heteroatoms. The molecule has 2 atom stereocenters. The molecule has 1 aliphatic heterocycles. The number of benzene rings is 1. The van der Waals surface area contributed by atoms with E-state index in [4.69, 9.17) is 0 Å². The predicted molar refractivity (Wildman–Crippen MR) is 95.2 cm³/mol. The Bertz CT molecular complexity index is 382. The van der Waals surface area contributed by atoms with Crippen molar-refractivity contribution in [1.82, 2.24) is 10.2 Å². The number of piperazine rings is 1. The maximum absolute atomic E-state index is 3.75. The molecule has 2 unspecified atom stereocenters. The molecule has 1 fully saturated rings. The van der Waals surface area contributed by atoms with Crippen LogP contribution in [0.4, 0.5) is 0 Å². The monoisotopic (exact) mass is 306 g/mol. The summed E-state index contributed by atoms with van der Waals surface area (Å²) < 4.78 is 0. The van der Waals surface area contributed by atoms with Crippen LogP contribution in [0.25, 0.3) is 0 Å². The van der Waals surface area contributed by atoms with Crippen LogP contribution >= 0.6 is 11.8 Å². The number of unbranched alkanes of at least 4 members (excludes halogenated alkanes) is 1. The molecular formula is C18H30N2S. The van der Waals surface area contributed by atoms with Gasteiger partial charge >= 0.3 is 0 Å². The van der Waals surface area contributed by atoms with Gasteiger partial charge in [0.2, 0.25) is 0 Å². The van der Waals surface area contributed by atoms with Crippen LogP contribution in [0.2, 0.25) is 0 Å². The van der Waals surface area contributed by atoms with Gasteiger partial charge < -0.3 is 5.32 Å². The summed E-state index contributed by atoms with van der Waals surface area (Å²) in [7, 11) is 0. The predicted octanol–water partition coefficient (Wildman–Crippen LogP) is 3.42. The Labute approximate surface area is 134 Å². The minimum atomic E-state index is 0.607. The van der Waals surface area contributed by atoms with Gasteiger partial charge in [-0.3, -0.25) is 4.90 Å². The van der Waals surface area contributed by atoms with E-state index in [1.807, 2.05) is 11.8 Å². The number of thioether (sulfide) groups is 1. The maximum atomic E-state index is 3.75. The molecule has 0 bridgehead atoms. The first-order chi connectivity index (χ1) is 10.3. The van der Waals surface area contributed by atoms with Crippen LogP contribution in [0.3, 0.4) is 0 Å². The summed E-state index contributed by atoms with van der Waals surface area (Å²) in [6.45, 7) is 5.94. The van der Waals surface area contributed by atoms with E-state index in [9.17, 15) is 0 Å². The van der Waals surface area contributed by atoms with E-state index in [0.717, 1.165) is 19.0 Å². The Kier molecular flexibility index (Phi) is 7.62. The van der Waals surface area contributed by atoms with E-state index in [-0.39, 0.29) is 0 Å². The fourth-order valence-corrected chi connectivity index (χ4v) is 3.69. The molecule has 1 saturated heterocycles. The highest BCUT2D eigenvalue weighted by Crippen LogP contribution is 2.15. The Hall–Kier alpha value is -0.510. The highest BCUT2D eigenvalue weighted by molar-refractivity contribution is 7.98. The number of hydrogen-bond donors (Lipinski definition) is 1. The zero-order valence-electron chi connectivity index (χ0n) is 13.6. The van der Waals surface area contributed by atoms with Crippen LogP contribution in [0.15, 0.2) is 30.3 Å². The van der Waals surface area contributed by atoms with Crippen LogP contribution < -0.4 is 5.32 Å². The summed E-state index contributed by atoms with van der Waals surface area (Å²) in [5, 5.41) is 3.75. The smallest absolute Gasteiger partial charge is 0.0236 e. The number of nitrogens with one attached hydrogen (secondary N) is 1. The second-order valence-electron chi connectivity index (χ2n) is 6.05. The van der Waals surface area contributed by atoms with Crippen molar-refractivity contribution < 1.29 is 0 Å². The van der Waals surface area contributed by atoms with Crippen molar-refractivity contribution in [2.75, 3.05) is 31.6 Å². The van der Waals surface area contributed by atoms with E-state index in [0.29, 0.717) is 6.04 Å². The van der Waals surface area contributed by atoms with E-state index < -0.39 is 0 Å². The Morgan fingerprint density at radius 3 is 2.76 bits per heavy atom. The third-order valence-corrected chi connectivity index (χ3v) is 5.15. The fourth-order valence-electron chi connectivity index (χ4n) is 3.20. The van der Waals surface area contributed by atoms with Crippen LogP contribution in [0.5, 0.6) is 0 Å². The normalized spacial score (nSPS) is 23.3. The molecule has 1 aromatic carbocycles. The molecule has 1 aliphatic rings. The quantitative estimate of drug-likeness (QED) is 0.741. The molecule has 1 N–H and O–H groups in total. The van der Waals surface area contributed by atoms with Gasteiger partial charge in [-0.15, -0.1) is 0 Å². The summed E-state index contributed by atoms with van der Waals surface area (Å²) in [4.78, 5) is 2.73. The average Bonchev–Trinajstić information content (AvgIpc) is 2.53. The van der Waals surface area contributed by atoms with Crippen LogP contribution in [-0.4, -0.2) is 48.6 Å². The maximum Gasteiger partial charge on any atom is 0.0236 e. The third kappa shape index (κ3) is 5.65. The molecule has 1 aromatic rings. The summed E-state index contributed by atoms with van der Waals surface area (Å²) >= 11 is 1.97. The van der Waals surface area contributed by atoms with Gasteiger partial charge in [-0.25, -0.2) is 0 Å². The molecule has 0 radical (unpaired) electrons. The molecule has 0 spiro atoms. The van der Waals surface area contributed by atoms with Crippen molar-refractivity contribution in [3.05, 3.63) is 35.9 Å². The van der Waals surface area contributed by atoms with Crippen molar-refractivity contribution in [1.29, 1.82) is 0 Å². The minimum Gasteiger partial charge on any atom is -0.311 e. The molecule has 0 amide bonds. The SMILES string of the molecule is CCC1CNC(Cc2ccccc2)CN1CCCCSC. The summed E-state index contributed by atoms with van der Waals surface area (Å²) in [6.07, 6.45) is 7.31. The number of hydrogen-bond acceptors (Lipinski definition) is 3. The lowest BCUT2D eigenvalue weighted by Crippen LogP contribution is -2.57. The lowest BCUT2D eigenvalue weighted by molar-refractivity contribution is 0.124. The molecular weight excluding hydrogens is 276 g/mol. The first kappa shape index (κ1) is 16.9. The van der Waals surface area contributed by atoms with Crippen molar-refractivity contribution >= 4 is 11.8 Å². The second-order valence-corrected chi connectivity index (χ2v) is 7.04. The summed E-state index contributed by atoms with van der Waals surface area (Å²) in [5.41, 5.74) is 1.45. The lowest BCUT2D eigenvalue weighted by Gasteiger charge is -2.40. The Balaban J connectivity index is 1.82. The van der Waals surface area contributed by atoms with Gasteiger partial charge in [0.15, 0.2) is 0 Å². The Morgan fingerprint density at radius 2 is 2.05 bits per heavy atom. The zero-order valence-corrected chi connectivity index (χ0v) is 14.4. The third-order valence-electron chi connectivity index (χ3n) is 4.45. The Morgan fingerprint density at radius 1 is 1.24 bits per heavy atom. The largest absolute Gasteiger partial charge is 0.311 e. The van der Waals surface area contributed by atoms with Crippen molar-refractivity contribution in [3.63, 3.8) is 0 Å². The minimum absolute atomic E-state index is 0.607.